The van der Waals surface area contributed by atoms with Crippen molar-refractivity contribution in [3.63, 3.8) is 0 Å². The molecule has 0 saturated carbocycles. The summed E-state index contributed by atoms with van der Waals surface area (Å²) in [4.78, 5) is 25.6. The summed E-state index contributed by atoms with van der Waals surface area (Å²) >= 11 is 0. The first-order valence-electron chi connectivity index (χ1n) is 9.26. The van der Waals surface area contributed by atoms with Gasteiger partial charge in [-0.3, -0.25) is 4.79 Å². The predicted octanol–water partition coefficient (Wildman–Crippen LogP) is 2.71. The largest absolute Gasteiger partial charge is 0.325 e. The van der Waals surface area contributed by atoms with E-state index < -0.39 is 11.7 Å². The maximum atomic E-state index is 13.8. The van der Waals surface area contributed by atoms with Gasteiger partial charge < -0.3 is 15.5 Å². The topological polar surface area (TPSA) is 83.0 Å². The van der Waals surface area contributed by atoms with E-state index >= 15 is 0 Å². The average molecular weight is 388 g/mol. The molecule has 2 aliphatic heterocycles. The Labute approximate surface area is 161 Å². The van der Waals surface area contributed by atoms with Crippen molar-refractivity contribution in [1.29, 1.82) is 0 Å². The van der Waals surface area contributed by atoms with E-state index in [9.17, 15) is 13.6 Å². The van der Waals surface area contributed by atoms with Crippen molar-refractivity contribution in [2.24, 2.45) is 0 Å². The molecule has 2 aliphatic rings. The lowest BCUT2D eigenvalue weighted by atomic mass is 9.75. The molecular formula is C19H22F2N6O. The van der Waals surface area contributed by atoms with Crippen molar-refractivity contribution in [3.8, 4) is 0 Å². The number of aromatic nitrogens is 3. The second kappa shape index (κ2) is 6.73. The molecular weight excluding hydrogens is 366 g/mol. The summed E-state index contributed by atoms with van der Waals surface area (Å²) < 4.78 is 27.5. The molecule has 2 aromatic heterocycles. The number of amides is 1. The highest BCUT2D eigenvalue weighted by Crippen LogP contribution is 2.48. The number of piperidine rings is 1. The van der Waals surface area contributed by atoms with Crippen LogP contribution in [0.2, 0.25) is 0 Å². The lowest BCUT2D eigenvalue weighted by molar-refractivity contribution is -0.114. The van der Waals surface area contributed by atoms with Gasteiger partial charge in [0.2, 0.25) is 11.7 Å². The molecule has 7 nitrogen and oxygen atoms in total. The van der Waals surface area contributed by atoms with Crippen molar-refractivity contribution in [2.75, 3.05) is 29.9 Å². The quantitative estimate of drug-likeness (QED) is 0.841. The third kappa shape index (κ3) is 3.30. The fourth-order valence-corrected chi connectivity index (χ4v) is 4.05. The molecule has 4 heterocycles. The lowest BCUT2D eigenvalue weighted by Crippen LogP contribution is -2.42. The van der Waals surface area contributed by atoms with Gasteiger partial charge in [-0.2, -0.15) is 8.78 Å². The molecule has 4 rings (SSSR count). The molecule has 1 spiro atoms. The molecule has 1 saturated heterocycles. The minimum absolute atomic E-state index is 0.123. The summed E-state index contributed by atoms with van der Waals surface area (Å²) in [5.41, 5.74) is 1.78. The summed E-state index contributed by atoms with van der Waals surface area (Å²) in [6.45, 7) is 4.59. The number of hydrogen-bond donors (Lipinski definition) is 2. The molecule has 148 valence electrons. The Morgan fingerprint density at radius 1 is 1.32 bits per heavy atom. The maximum Gasteiger partial charge on any atom is 0.303 e. The van der Waals surface area contributed by atoms with Crippen LogP contribution in [0.1, 0.15) is 38.1 Å². The van der Waals surface area contributed by atoms with Crippen LogP contribution in [0.4, 0.5) is 26.1 Å². The molecule has 0 atom stereocenters. The number of halogens is 2. The van der Waals surface area contributed by atoms with E-state index in [1.54, 1.807) is 18.3 Å². The fourth-order valence-electron chi connectivity index (χ4n) is 4.05. The van der Waals surface area contributed by atoms with Crippen molar-refractivity contribution in [3.05, 3.63) is 35.9 Å². The zero-order valence-electron chi connectivity index (χ0n) is 15.8. The SMILES string of the molecule is CC(=O)Nc1cc2c(cn1)C1(CCNCC1)CN2c1ccnc(C(C)(F)F)n1. The van der Waals surface area contributed by atoms with Gasteiger partial charge in [0.05, 0.1) is 5.69 Å². The molecule has 1 fully saturated rings. The van der Waals surface area contributed by atoms with Crippen LogP contribution in [0.15, 0.2) is 24.5 Å². The Balaban J connectivity index is 1.80. The van der Waals surface area contributed by atoms with E-state index in [-0.39, 0.29) is 11.3 Å². The van der Waals surface area contributed by atoms with Crippen LogP contribution >= 0.6 is 0 Å². The fraction of sp³-hybridized carbons (Fsp3) is 0.474. The van der Waals surface area contributed by atoms with Crippen LogP contribution in [0.5, 0.6) is 0 Å². The standard InChI is InChI=1S/C19H22F2N6O/c1-12(28)25-15-9-14-13(10-24-15)19(4-7-22-8-5-19)11-27(14)16-3-6-23-17(26-16)18(2,20)21/h3,6,9-10,22H,4-5,7-8,11H2,1-2H3,(H,24,25,28). The van der Waals surface area contributed by atoms with Crippen molar-refractivity contribution in [1.82, 2.24) is 20.3 Å². The highest BCUT2D eigenvalue weighted by atomic mass is 19.3. The Hall–Kier alpha value is -2.68. The molecule has 1 amide bonds. The van der Waals surface area contributed by atoms with Gasteiger partial charge in [-0.1, -0.05) is 0 Å². The van der Waals surface area contributed by atoms with Crippen LogP contribution in [0, 0.1) is 0 Å². The number of hydrogen-bond acceptors (Lipinski definition) is 6. The van der Waals surface area contributed by atoms with Crippen LogP contribution in [-0.4, -0.2) is 40.5 Å². The van der Waals surface area contributed by atoms with Gasteiger partial charge in [0.25, 0.3) is 0 Å². The van der Waals surface area contributed by atoms with Crippen LogP contribution in [0.25, 0.3) is 0 Å². The van der Waals surface area contributed by atoms with Crippen molar-refractivity contribution >= 4 is 23.2 Å². The molecule has 0 aromatic carbocycles. The summed E-state index contributed by atoms with van der Waals surface area (Å²) in [6, 6.07) is 3.43. The van der Waals surface area contributed by atoms with Crippen LogP contribution < -0.4 is 15.5 Å². The first-order valence-corrected chi connectivity index (χ1v) is 9.26. The predicted molar refractivity (Wildman–Crippen MR) is 101 cm³/mol. The minimum atomic E-state index is -3.12. The summed E-state index contributed by atoms with van der Waals surface area (Å²) in [6.07, 6.45) is 4.99. The number of fused-ring (bicyclic) bond motifs is 2. The highest BCUT2D eigenvalue weighted by Gasteiger charge is 2.45. The van der Waals surface area contributed by atoms with Crippen LogP contribution in [0.3, 0.4) is 0 Å². The van der Waals surface area contributed by atoms with Gasteiger partial charge in [0.1, 0.15) is 11.6 Å². The normalized spacial score (nSPS) is 18.2. The molecule has 28 heavy (non-hydrogen) atoms. The molecule has 9 heteroatoms. The number of pyridine rings is 1. The third-order valence-corrected chi connectivity index (χ3v) is 5.38. The Kier molecular flexibility index (Phi) is 4.49. The van der Waals surface area contributed by atoms with E-state index in [0.29, 0.717) is 18.2 Å². The second-order valence-corrected chi connectivity index (χ2v) is 7.51. The Bertz CT molecular complexity index is 908. The van der Waals surface area contributed by atoms with Gasteiger partial charge >= 0.3 is 5.92 Å². The van der Waals surface area contributed by atoms with Gasteiger partial charge in [-0.25, -0.2) is 15.0 Å². The molecule has 0 radical (unpaired) electrons. The molecule has 2 N–H and O–H groups in total. The zero-order chi connectivity index (χ0) is 19.9. The number of alkyl halides is 2. The highest BCUT2D eigenvalue weighted by molar-refractivity contribution is 5.88. The smallest absolute Gasteiger partial charge is 0.303 e. The number of nitrogens with one attached hydrogen (secondary N) is 2. The Morgan fingerprint density at radius 2 is 2.07 bits per heavy atom. The molecule has 0 bridgehead atoms. The Morgan fingerprint density at radius 3 is 2.75 bits per heavy atom. The monoisotopic (exact) mass is 388 g/mol. The lowest BCUT2D eigenvalue weighted by Gasteiger charge is -2.34. The van der Waals surface area contributed by atoms with Crippen molar-refractivity contribution in [2.45, 2.75) is 38.0 Å². The van der Waals surface area contributed by atoms with E-state index in [0.717, 1.165) is 44.1 Å². The number of rotatable bonds is 3. The van der Waals surface area contributed by atoms with E-state index in [1.165, 1.54) is 13.1 Å². The summed E-state index contributed by atoms with van der Waals surface area (Å²) in [7, 11) is 0. The summed E-state index contributed by atoms with van der Waals surface area (Å²) in [5.74, 6) is -3.00. The van der Waals surface area contributed by atoms with E-state index in [4.69, 9.17) is 0 Å². The van der Waals surface area contributed by atoms with Crippen molar-refractivity contribution < 1.29 is 13.6 Å². The first-order chi connectivity index (χ1) is 13.3. The molecule has 0 aliphatic carbocycles. The number of nitrogens with zero attached hydrogens (tertiary/aromatic N) is 4. The molecule has 0 unspecified atom stereocenters. The number of carbonyl (C=O) groups is 1. The van der Waals surface area contributed by atoms with Gasteiger partial charge in [0.15, 0.2) is 0 Å². The zero-order valence-corrected chi connectivity index (χ0v) is 15.8. The van der Waals surface area contributed by atoms with Gasteiger partial charge in [-0.15, -0.1) is 0 Å². The van der Waals surface area contributed by atoms with E-state index in [1.807, 2.05) is 4.90 Å². The first kappa shape index (κ1) is 18.7. The van der Waals surface area contributed by atoms with Gasteiger partial charge in [0, 0.05) is 49.8 Å². The third-order valence-electron chi connectivity index (χ3n) is 5.38. The molecule has 2 aromatic rings. The minimum Gasteiger partial charge on any atom is -0.325 e. The average Bonchev–Trinajstić information content (AvgIpc) is 2.95. The van der Waals surface area contributed by atoms with Gasteiger partial charge in [-0.05, 0) is 32.0 Å². The van der Waals surface area contributed by atoms with E-state index in [2.05, 4.69) is 25.6 Å². The number of anilines is 3. The van der Waals surface area contributed by atoms with Crippen LogP contribution in [-0.2, 0) is 16.1 Å². The summed E-state index contributed by atoms with van der Waals surface area (Å²) in [5, 5.41) is 6.06. The number of carbonyl (C=O) groups excluding carboxylic acids is 1. The second-order valence-electron chi connectivity index (χ2n) is 7.51. The maximum absolute atomic E-state index is 13.8.